The molecule has 9 aromatic rings. The van der Waals surface area contributed by atoms with E-state index in [1.165, 1.54) is 33.4 Å². The van der Waals surface area contributed by atoms with Gasteiger partial charge in [-0.25, -0.2) is 0 Å². The highest BCUT2D eigenvalue weighted by Crippen LogP contribution is 2.36. The van der Waals surface area contributed by atoms with E-state index >= 15 is 0 Å². The first kappa shape index (κ1) is 35.5. The molecule has 0 saturated heterocycles. The average molecular weight is 737 g/mol. The molecule has 57 heavy (non-hydrogen) atoms. The van der Waals surface area contributed by atoms with Crippen LogP contribution in [0.4, 0.5) is 0 Å². The molecule has 0 aliphatic rings. The van der Waals surface area contributed by atoms with Gasteiger partial charge >= 0.3 is 0 Å². The highest BCUT2D eigenvalue weighted by atomic mass is 16.3. The number of nitrogens with zero attached hydrogens (tertiary/aromatic N) is 4. The Labute approximate surface area is 333 Å². The van der Waals surface area contributed by atoms with E-state index in [9.17, 15) is 5.26 Å². The number of furan rings is 1. The first-order chi connectivity index (χ1) is 28.2. The summed E-state index contributed by atoms with van der Waals surface area (Å²) in [6.45, 7) is 0. The molecule has 4 aromatic heterocycles. The van der Waals surface area contributed by atoms with Crippen LogP contribution >= 0.6 is 0 Å². The van der Waals surface area contributed by atoms with Gasteiger partial charge in [-0.15, -0.1) is 0 Å². The van der Waals surface area contributed by atoms with Gasteiger partial charge in [0.2, 0.25) is 0 Å². The summed E-state index contributed by atoms with van der Waals surface area (Å²) in [7, 11) is 0. The third-order valence-electron chi connectivity index (χ3n) is 10.8. The third-order valence-corrected chi connectivity index (χ3v) is 10.8. The van der Waals surface area contributed by atoms with Gasteiger partial charge in [-0.05, 0) is 102 Å². The molecule has 5 heteroatoms. The molecule has 4 heterocycles. The van der Waals surface area contributed by atoms with E-state index < -0.39 is 0 Å². The maximum absolute atomic E-state index is 9.64. The first-order valence-electron chi connectivity index (χ1n) is 19.6. The van der Waals surface area contributed by atoms with Crippen LogP contribution in [0.1, 0.15) is 38.9 Å². The van der Waals surface area contributed by atoms with Crippen LogP contribution in [0.25, 0.3) is 55.7 Å². The molecule has 0 bridgehead atoms. The first-order valence-corrected chi connectivity index (χ1v) is 19.6. The lowest BCUT2D eigenvalue weighted by molar-refractivity contribution is 0.668. The Balaban J connectivity index is 0.920. The van der Waals surface area contributed by atoms with Crippen molar-refractivity contribution >= 4 is 21.9 Å². The number of hydrogen-bond acceptors (Lipinski definition) is 5. The fourth-order valence-electron chi connectivity index (χ4n) is 7.68. The molecule has 0 amide bonds. The average Bonchev–Trinajstić information content (AvgIpc) is 3.67. The van der Waals surface area contributed by atoms with Crippen molar-refractivity contribution < 1.29 is 4.42 Å². The van der Waals surface area contributed by atoms with E-state index in [1.807, 2.05) is 61.1 Å². The molecule has 9 rings (SSSR count). The van der Waals surface area contributed by atoms with Crippen LogP contribution in [0.15, 0.2) is 175 Å². The molecular weight excluding hydrogens is 697 g/mol. The summed E-state index contributed by atoms with van der Waals surface area (Å²) in [5.41, 5.74) is 15.6. The maximum Gasteiger partial charge on any atom is 0.153 e. The van der Waals surface area contributed by atoms with Gasteiger partial charge in [0.25, 0.3) is 0 Å². The van der Waals surface area contributed by atoms with E-state index in [2.05, 4.69) is 109 Å². The summed E-state index contributed by atoms with van der Waals surface area (Å²) in [6.07, 6.45) is 11.6. The Morgan fingerprint density at radius 3 is 1.30 bits per heavy atom. The number of benzene rings is 5. The number of nitriles is 1. The molecule has 0 atom stereocenters. The Bertz CT molecular complexity index is 2720. The Kier molecular flexibility index (Phi) is 10.2. The van der Waals surface area contributed by atoms with Gasteiger partial charge in [0, 0.05) is 46.1 Å². The quantitative estimate of drug-likeness (QED) is 0.125. The monoisotopic (exact) mass is 736 g/mol. The van der Waals surface area contributed by atoms with E-state index in [0.717, 1.165) is 88.7 Å². The van der Waals surface area contributed by atoms with Crippen molar-refractivity contribution in [2.24, 2.45) is 0 Å². The zero-order chi connectivity index (χ0) is 38.4. The predicted molar refractivity (Wildman–Crippen MR) is 230 cm³/mol. The molecule has 0 fully saturated rings. The number of fused-ring (bicyclic) bond motifs is 3. The van der Waals surface area contributed by atoms with Crippen LogP contribution in [0.2, 0.25) is 0 Å². The molecule has 5 nitrogen and oxygen atoms in total. The van der Waals surface area contributed by atoms with Gasteiger partial charge < -0.3 is 4.42 Å². The normalized spacial score (nSPS) is 11.2. The second-order valence-electron chi connectivity index (χ2n) is 14.6. The highest BCUT2D eigenvalue weighted by Gasteiger charge is 2.15. The van der Waals surface area contributed by atoms with Crippen molar-refractivity contribution in [2.75, 3.05) is 0 Å². The zero-order valence-corrected chi connectivity index (χ0v) is 31.6. The Morgan fingerprint density at radius 1 is 0.404 bits per heavy atom. The van der Waals surface area contributed by atoms with Crippen molar-refractivity contribution in [3.8, 4) is 39.8 Å². The Morgan fingerprint density at radius 2 is 0.842 bits per heavy atom. The van der Waals surface area contributed by atoms with E-state index in [1.54, 1.807) is 6.07 Å². The lowest BCUT2D eigenvalue weighted by Crippen LogP contribution is -2.00. The van der Waals surface area contributed by atoms with Gasteiger partial charge in [-0.1, -0.05) is 121 Å². The number of hydrogen-bond donors (Lipinski definition) is 0. The van der Waals surface area contributed by atoms with E-state index in [0.29, 0.717) is 11.1 Å². The second kappa shape index (κ2) is 16.3. The van der Waals surface area contributed by atoms with Crippen LogP contribution in [-0.2, 0) is 38.5 Å². The van der Waals surface area contributed by atoms with Crippen LogP contribution in [-0.4, -0.2) is 15.0 Å². The van der Waals surface area contributed by atoms with E-state index in [4.69, 9.17) is 19.4 Å². The van der Waals surface area contributed by atoms with Crippen LogP contribution in [0, 0.1) is 11.3 Å². The second-order valence-corrected chi connectivity index (χ2v) is 14.6. The lowest BCUT2D eigenvalue weighted by Gasteiger charge is -2.12. The fourth-order valence-corrected chi connectivity index (χ4v) is 7.68. The van der Waals surface area contributed by atoms with Gasteiger partial charge in [-0.2, -0.15) is 5.26 Å². The van der Waals surface area contributed by atoms with Crippen molar-refractivity contribution in [2.45, 2.75) is 38.5 Å². The van der Waals surface area contributed by atoms with Gasteiger partial charge in [0.05, 0.1) is 22.6 Å². The number of aryl methyl sites for hydroxylation is 6. The fraction of sp³-hybridized carbons (Fsp3) is 0.115. The third kappa shape index (κ3) is 7.99. The Hall–Kier alpha value is -7.16. The molecule has 0 unspecified atom stereocenters. The minimum absolute atomic E-state index is 0.536. The predicted octanol–water partition coefficient (Wildman–Crippen LogP) is 12.0. The number of rotatable bonds is 12. The maximum atomic E-state index is 9.64. The summed E-state index contributed by atoms with van der Waals surface area (Å²) in [5, 5.41) is 11.6. The summed E-state index contributed by atoms with van der Waals surface area (Å²) in [5.74, 6) is 0. The van der Waals surface area contributed by atoms with Gasteiger partial charge in [-0.3, -0.25) is 15.0 Å². The summed E-state index contributed by atoms with van der Waals surface area (Å²) in [4.78, 5) is 14.5. The standard InChI is InChI=1S/C52H40N4O/c53-32-44-13-7-14-45-46-15-8-16-47(52(46)57-51(44)45)50-28-25-38(35-56-50)19-22-41-30-39(20-17-36-23-26-48(54-33-36)42-9-3-1-4-10-42)29-40(31-41)21-18-37-24-27-49(55-34-37)43-11-5-2-6-12-43/h1-16,23-31,33-35H,17-22H2. The molecule has 0 aliphatic carbocycles. The SMILES string of the molecule is N#Cc1cccc2c1oc1c(-c3ccc(CCc4cc(CCc5ccc(-c6ccccc6)nc5)cc(CCc5ccc(-c6ccccc6)nc5)c4)cn3)cccc12. The molecule has 274 valence electrons. The number of aromatic nitrogens is 3. The van der Waals surface area contributed by atoms with Gasteiger partial charge in [0.15, 0.2) is 5.58 Å². The minimum Gasteiger partial charge on any atom is -0.454 e. The minimum atomic E-state index is 0.536. The summed E-state index contributed by atoms with van der Waals surface area (Å²) < 4.78 is 6.29. The molecule has 0 saturated carbocycles. The van der Waals surface area contributed by atoms with Crippen molar-refractivity contribution in [3.05, 3.63) is 209 Å². The van der Waals surface area contributed by atoms with Crippen LogP contribution in [0.5, 0.6) is 0 Å². The van der Waals surface area contributed by atoms with Gasteiger partial charge in [0.1, 0.15) is 11.7 Å². The highest BCUT2D eigenvalue weighted by molar-refractivity contribution is 6.10. The zero-order valence-electron chi connectivity index (χ0n) is 31.6. The van der Waals surface area contributed by atoms with Crippen molar-refractivity contribution in [1.29, 1.82) is 5.26 Å². The molecule has 5 aromatic carbocycles. The van der Waals surface area contributed by atoms with Crippen LogP contribution < -0.4 is 0 Å². The molecular formula is C52H40N4O. The lowest BCUT2D eigenvalue weighted by atomic mass is 9.94. The molecule has 0 aliphatic heterocycles. The van der Waals surface area contributed by atoms with E-state index in [-0.39, 0.29) is 0 Å². The summed E-state index contributed by atoms with van der Waals surface area (Å²) in [6, 6.07) is 54.8. The number of pyridine rings is 3. The van der Waals surface area contributed by atoms with Crippen LogP contribution in [0.3, 0.4) is 0 Å². The molecule has 0 N–H and O–H groups in total. The molecule has 0 radical (unpaired) electrons. The largest absolute Gasteiger partial charge is 0.454 e. The molecule has 0 spiro atoms. The smallest absolute Gasteiger partial charge is 0.153 e. The summed E-state index contributed by atoms with van der Waals surface area (Å²) >= 11 is 0. The van der Waals surface area contributed by atoms with Crippen molar-refractivity contribution in [1.82, 2.24) is 15.0 Å². The van der Waals surface area contributed by atoms with Crippen molar-refractivity contribution in [3.63, 3.8) is 0 Å². The number of para-hydroxylation sites is 2. The topological polar surface area (TPSA) is 75.6 Å².